The van der Waals surface area contributed by atoms with Gasteiger partial charge in [-0.25, -0.2) is 0 Å². The molecule has 1 aliphatic carbocycles. The third kappa shape index (κ3) is 2.72. The highest BCUT2D eigenvalue weighted by atomic mass is 16.2. The largest absolute Gasteiger partial charge is 0.350 e. The first-order valence-corrected chi connectivity index (χ1v) is 6.67. The molecule has 98 valence electrons. The van der Waals surface area contributed by atoms with Crippen molar-refractivity contribution in [3.8, 4) is 0 Å². The van der Waals surface area contributed by atoms with Gasteiger partial charge in [-0.3, -0.25) is 4.79 Å². The third-order valence-electron chi connectivity index (χ3n) is 3.80. The maximum Gasteiger partial charge on any atom is 0.240 e. The number of hydrogen-bond acceptors (Lipinski definition) is 2. The zero-order valence-electron chi connectivity index (χ0n) is 11.2. The molecule has 1 aliphatic rings. The van der Waals surface area contributed by atoms with Gasteiger partial charge in [-0.2, -0.15) is 0 Å². The van der Waals surface area contributed by atoms with Crippen LogP contribution in [-0.4, -0.2) is 11.4 Å². The fraction of sp³-hybridized carbons (Fsp3) is 0.533. The average molecular weight is 246 g/mol. The van der Waals surface area contributed by atoms with Gasteiger partial charge in [0.05, 0.1) is 5.54 Å². The van der Waals surface area contributed by atoms with Crippen LogP contribution in [0.15, 0.2) is 24.3 Å². The molecular formula is C15H22N2O. The monoisotopic (exact) mass is 246 g/mol. The molecule has 1 aromatic rings. The van der Waals surface area contributed by atoms with E-state index in [2.05, 4.69) is 43.4 Å². The second-order valence-electron chi connectivity index (χ2n) is 5.59. The van der Waals surface area contributed by atoms with Crippen LogP contribution in [0.1, 0.15) is 50.2 Å². The SMILES string of the molecule is CC(C)c1ccc(CNC(=O)C2(N)CCC2)cc1. The summed E-state index contributed by atoms with van der Waals surface area (Å²) in [6.07, 6.45) is 2.68. The highest BCUT2D eigenvalue weighted by Crippen LogP contribution is 2.29. The number of nitrogens with two attached hydrogens (primary N) is 1. The standard InChI is InChI=1S/C15H22N2O/c1-11(2)13-6-4-12(5-7-13)10-17-14(18)15(16)8-3-9-15/h4-7,11H,3,8-10,16H2,1-2H3,(H,17,18). The maximum absolute atomic E-state index is 11.9. The van der Waals surface area contributed by atoms with E-state index in [9.17, 15) is 4.79 Å². The lowest BCUT2D eigenvalue weighted by molar-refractivity contribution is -0.129. The summed E-state index contributed by atoms with van der Waals surface area (Å²) in [5.41, 5.74) is 7.80. The molecule has 1 fully saturated rings. The molecule has 2 rings (SSSR count). The Balaban J connectivity index is 1.88. The summed E-state index contributed by atoms with van der Waals surface area (Å²) in [5, 5.41) is 2.93. The van der Waals surface area contributed by atoms with Crippen LogP contribution in [0.4, 0.5) is 0 Å². The molecule has 0 heterocycles. The summed E-state index contributed by atoms with van der Waals surface area (Å²) >= 11 is 0. The summed E-state index contributed by atoms with van der Waals surface area (Å²) in [6.45, 7) is 4.91. The van der Waals surface area contributed by atoms with Crippen LogP contribution < -0.4 is 11.1 Å². The summed E-state index contributed by atoms with van der Waals surface area (Å²) in [7, 11) is 0. The number of amides is 1. The first kappa shape index (κ1) is 13.1. The minimum absolute atomic E-state index is 0.0123. The lowest BCUT2D eigenvalue weighted by Crippen LogP contribution is -2.58. The van der Waals surface area contributed by atoms with Crippen LogP contribution in [0, 0.1) is 0 Å². The average Bonchev–Trinajstić information content (AvgIpc) is 2.33. The molecule has 1 saturated carbocycles. The molecule has 0 radical (unpaired) electrons. The number of carbonyl (C=O) groups excluding carboxylic acids is 1. The molecule has 1 aromatic carbocycles. The van der Waals surface area contributed by atoms with Crippen molar-refractivity contribution in [2.75, 3.05) is 0 Å². The molecule has 3 N–H and O–H groups in total. The molecule has 3 nitrogen and oxygen atoms in total. The number of benzene rings is 1. The topological polar surface area (TPSA) is 55.1 Å². The molecule has 0 unspecified atom stereocenters. The van der Waals surface area contributed by atoms with Gasteiger partial charge in [0.25, 0.3) is 0 Å². The highest BCUT2D eigenvalue weighted by molar-refractivity contribution is 5.86. The lowest BCUT2D eigenvalue weighted by atomic mass is 9.77. The van der Waals surface area contributed by atoms with Crippen LogP contribution >= 0.6 is 0 Å². The zero-order chi connectivity index (χ0) is 13.2. The third-order valence-corrected chi connectivity index (χ3v) is 3.80. The lowest BCUT2D eigenvalue weighted by Gasteiger charge is -2.36. The van der Waals surface area contributed by atoms with E-state index >= 15 is 0 Å². The van der Waals surface area contributed by atoms with E-state index in [0.717, 1.165) is 24.8 Å². The van der Waals surface area contributed by atoms with Crippen molar-refractivity contribution in [2.45, 2.75) is 51.1 Å². The molecule has 18 heavy (non-hydrogen) atoms. The summed E-state index contributed by atoms with van der Waals surface area (Å²) in [4.78, 5) is 11.9. The summed E-state index contributed by atoms with van der Waals surface area (Å²) in [6, 6.07) is 8.38. The van der Waals surface area contributed by atoms with Crippen molar-refractivity contribution in [1.82, 2.24) is 5.32 Å². The van der Waals surface area contributed by atoms with E-state index in [-0.39, 0.29) is 5.91 Å². The molecule has 0 aliphatic heterocycles. The molecule has 3 heteroatoms. The van der Waals surface area contributed by atoms with Crippen molar-refractivity contribution >= 4 is 5.91 Å². The molecular weight excluding hydrogens is 224 g/mol. The predicted octanol–water partition coefficient (Wildman–Crippen LogP) is 2.31. The number of carbonyl (C=O) groups is 1. The van der Waals surface area contributed by atoms with Crippen molar-refractivity contribution in [2.24, 2.45) is 5.73 Å². The van der Waals surface area contributed by atoms with E-state index in [4.69, 9.17) is 5.73 Å². The maximum atomic E-state index is 11.9. The Morgan fingerprint density at radius 2 is 1.94 bits per heavy atom. The molecule has 0 bridgehead atoms. The Bertz CT molecular complexity index is 419. The first-order valence-electron chi connectivity index (χ1n) is 6.67. The fourth-order valence-corrected chi connectivity index (χ4v) is 2.16. The molecule has 0 aromatic heterocycles. The van der Waals surface area contributed by atoms with E-state index in [1.165, 1.54) is 5.56 Å². The Hall–Kier alpha value is -1.35. The first-order chi connectivity index (χ1) is 8.51. The van der Waals surface area contributed by atoms with Gasteiger partial charge in [-0.05, 0) is 36.3 Å². The molecule has 1 amide bonds. The van der Waals surface area contributed by atoms with Crippen LogP contribution in [0.3, 0.4) is 0 Å². The normalized spacial score (nSPS) is 17.3. The minimum atomic E-state index is -0.599. The Morgan fingerprint density at radius 1 is 1.33 bits per heavy atom. The van der Waals surface area contributed by atoms with Gasteiger partial charge >= 0.3 is 0 Å². The number of rotatable bonds is 4. The van der Waals surface area contributed by atoms with Gasteiger partial charge < -0.3 is 11.1 Å². The smallest absolute Gasteiger partial charge is 0.240 e. The van der Waals surface area contributed by atoms with Crippen LogP contribution in [-0.2, 0) is 11.3 Å². The Labute approximate surface area is 109 Å². The number of hydrogen-bond donors (Lipinski definition) is 2. The van der Waals surface area contributed by atoms with E-state index in [1.54, 1.807) is 0 Å². The van der Waals surface area contributed by atoms with Crippen molar-refractivity contribution < 1.29 is 4.79 Å². The van der Waals surface area contributed by atoms with Crippen molar-refractivity contribution in [1.29, 1.82) is 0 Å². The Kier molecular flexibility index (Phi) is 3.71. The van der Waals surface area contributed by atoms with Gasteiger partial charge in [0.15, 0.2) is 0 Å². The van der Waals surface area contributed by atoms with Gasteiger partial charge in [0.1, 0.15) is 0 Å². The van der Waals surface area contributed by atoms with Crippen LogP contribution in [0.5, 0.6) is 0 Å². The Morgan fingerprint density at radius 3 is 2.39 bits per heavy atom. The zero-order valence-corrected chi connectivity index (χ0v) is 11.2. The molecule has 0 spiro atoms. The van der Waals surface area contributed by atoms with Crippen molar-refractivity contribution in [3.05, 3.63) is 35.4 Å². The highest BCUT2D eigenvalue weighted by Gasteiger charge is 2.39. The minimum Gasteiger partial charge on any atom is -0.350 e. The van der Waals surface area contributed by atoms with E-state index in [0.29, 0.717) is 12.5 Å². The van der Waals surface area contributed by atoms with Gasteiger partial charge in [0, 0.05) is 6.54 Å². The fourth-order valence-electron chi connectivity index (χ4n) is 2.16. The van der Waals surface area contributed by atoms with Gasteiger partial charge in [-0.1, -0.05) is 38.1 Å². The number of nitrogens with one attached hydrogen (secondary N) is 1. The van der Waals surface area contributed by atoms with Gasteiger partial charge in [-0.15, -0.1) is 0 Å². The second kappa shape index (κ2) is 5.11. The second-order valence-corrected chi connectivity index (χ2v) is 5.59. The van der Waals surface area contributed by atoms with Crippen molar-refractivity contribution in [3.63, 3.8) is 0 Å². The predicted molar refractivity (Wildman–Crippen MR) is 73.1 cm³/mol. The molecule has 0 saturated heterocycles. The van der Waals surface area contributed by atoms with Crippen LogP contribution in [0.2, 0.25) is 0 Å². The van der Waals surface area contributed by atoms with E-state index in [1.807, 2.05) is 0 Å². The van der Waals surface area contributed by atoms with E-state index < -0.39 is 5.54 Å². The summed E-state index contributed by atoms with van der Waals surface area (Å²) < 4.78 is 0. The quantitative estimate of drug-likeness (QED) is 0.856. The van der Waals surface area contributed by atoms with Crippen LogP contribution in [0.25, 0.3) is 0 Å². The molecule has 0 atom stereocenters. The summed E-state index contributed by atoms with van der Waals surface area (Å²) in [5.74, 6) is 0.526. The van der Waals surface area contributed by atoms with Gasteiger partial charge in [0.2, 0.25) is 5.91 Å².